The van der Waals surface area contributed by atoms with Gasteiger partial charge in [0, 0.05) is 24.0 Å². The van der Waals surface area contributed by atoms with Crippen LogP contribution in [0.15, 0.2) is 17.5 Å². The lowest BCUT2D eigenvalue weighted by atomic mass is 10.1. The predicted molar refractivity (Wildman–Crippen MR) is 82.5 cm³/mol. The molecule has 1 heterocycles. The third-order valence-electron chi connectivity index (χ3n) is 3.34. The minimum Gasteiger partial charge on any atom is -0.315 e. The highest BCUT2D eigenvalue weighted by atomic mass is 32.1. The molecule has 1 aromatic rings. The summed E-state index contributed by atoms with van der Waals surface area (Å²) < 4.78 is 0. The average molecular weight is 268 g/mol. The van der Waals surface area contributed by atoms with Gasteiger partial charge in [0.25, 0.3) is 0 Å². The lowest BCUT2D eigenvalue weighted by Gasteiger charge is -2.28. The summed E-state index contributed by atoms with van der Waals surface area (Å²) in [7, 11) is 2.27. The molecule has 0 aliphatic carbocycles. The maximum absolute atomic E-state index is 3.55. The van der Waals surface area contributed by atoms with Crippen molar-refractivity contribution in [3.63, 3.8) is 0 Å². The first-order chi connectivity index (χ1) is 8.77. The summed E-state index contributed by atoms with van der Waals surface area (Å²) in [6, 6.07) is 5.07. The Morgan fingerprint density at radius 2 is 2.17 bits per heavy atom. The number of hydrogen-bond acceptors (Lipinski definition) is 3. The van der Waals surface area contributed by atoms with Gasteiger partial charge in [-0.05, 0) is 44.3 Å². The quantitative estimate of drug-likeness (QED) is 0.654. The number of hydrogen-bond donors (Lipinski definition) is 1. The fourth-order valence-corrected chi connectivity index (χ4v) is 2.88. The lowest BCUT2D eigenvalue weighted by molar-refractivity contribution is 0.225. The molecule has 0 spiro atoms. The van der Waals surface area contributed by atoms with Gasteiger partial charge in [-0.15, -0.1) is 11.3 Å². The van der Waals surface area contributed by atoms with Gasteiger partial charge >= 0.3 is 0 Å². The van der Waals surface area contributed by atoms with Gasteiger partial charge in [0.2, 0.25) is 0 Å². The first-order valence-electron chi connectivity index (χ1n) is 7.21. The molecule has 18 heavy (non-hydrogen) atoms. The van der Waals surface area contributed by atoms with Gasteiger partial charge in [-0.2, -0.15) is 0 Å². The molecule has 0 fully saturated rings. The van der Waals surface area contributed by atoms with Crippen LogP contribution < -0.4 is 5.32 Å². The number of thiophene rings is 1. The highest BCUT2D eigenvalue weighted by Crippen LogP contribution is 2.11. The van der Waals surface area contributed by atoms with Gasteiger partial charge in [0.05, 0.1) is 0 Å². The largest absolute Gasteiger partial charge is 0.315 e. The van der Waals surface area contributed by atoms with Gasteiger partial charge in [-0.1, -0.05) is 26.3 Å². The van der Waals surface area contributed by atoms with E-state index >= 15 is 0 Å². The van der Waals surface area contributed by atoms with E-state index in [-0.39, 0.29) is 0 Å². The number of rotatable bonds is 10. The molecule has 1 rings (SSSR count). The van der Waals surface area contributed by atoms with E-state index in [0.29, 0.717) is 6.04 Å². The molecule has 1 unspecified atom stereocenters. The van der Waals surface area contributed by atoms with Crippen molar-refractivity contribution < 1.29 is 0 Å². The predicted octanol–water partition coefficient (Wildman–Crippen LogP) is 3.39. The molecule has 0 aliphatic rings. The Kier molecular flexibility index (Phi) is 8.31. The highest BCUT2D eigenvalue weighted by molar-refractivity contribution is 7.09. The van der Waals surface area contributed by atoms with Crippen LogP contribution in [-0.4, -0.2) is 37.6 Å². The van der Waals surface area contributed by atoms with Crippen molar-refractivity contribution in [3.8, 4) is 0 Å². The molecule has 0 bridgehead atoms. The van der Waals surface area contributed by atoms with Gasteiger partial charge in [-0.25, -0.2) is 0 Å². The minimum atomic E-state index is 0.682. The summed E-state index contributed by atoms with van der Waals surface area (Å²) in [4.78, 5) is 4.02. The zero-order valence-electron chi connectivity index (χ0n) is 12.1. The van der Waals surface area contributed by atoms with Gasteiger partial charge < -0.3 is 10.2 Å². The molecule has 0 aromatic carbocycles. The summed E-state index contributed by atoms with van der Waals surface area (Å²) in [5, 5.41) is 5.72. The Labute approximate surface area is 116 Å². The molecule has 104 valence electrons. The fourth-order valence-electron chi connectivity index (χ4n) is 2.18. The summed E-state index contributed by atoms with van der Waals surface area (Å²) in [5.74, 6) is 0. The molecule has 3 heteroatoms. The fraction of sp³-hybridized carbons (Fsp3) is 0.733. The highest BCUT2D eigenvalue weighted by Gasteiger charge is 2.13. The third-order valence-corrected chi connectivity index (χ3v) is 4.28. The first kappa shape index (κ1) is 15.7. The Morgan fingerprint density at radius 1 is 1.33 bits per heavy atom. The van der Waals surface area contributed by atoms with Crippen molar-refractivity contribution in [1.82, 2.24) is 10.2 Å². The van der Waals surface area contributed by atoms with E-state index in [1.165, 1.54) is 37.1 Å². The van der Waals surface area contributed by atoms with Crippen LogP contribution in [0.4, 0.5) is 0 Å². The number of nitrogens with one attached hydrogen (secondary N) is 1. The minimum absolute atomic E-state index is 0.682. The van der Waals surface area contributed by atoms with Crippen LogP contribution in [-0.2, 0) is 6.42 Å². The van der Waals surface area contributed by atoms with E-state index in [1.807, 2.05) is 11.3 Å². The van der Waals surface area contributed by atoms with Crippen LogP contribution >= 0.6 is 11.3 Å². The summed E-state index contributed by atoms with van der Waals surface area (Å²) >= 11 is 1.87. The zero-order chi connectivity index (χ0) is 13.2. The zero-order valence-corrected chi connectivity index (χ0v) is 12.9. The van der Waals surface area contributed by atoms with Crippen LogP contribution in [0.25, 0.3) is 0 Å². The van der Waals surface area contributed by atoms with E-state index in [4.69, 9.17) is 0 Å². The van der Waals surface area contributed by atoms with Gasteiger partial charge in [0.1, 0.15) is 0 Å². The molecule has 2 nitrogen and oxygen atoms in total. The first-order valence-corrected chi connectivity index (χ1v) is 8.09. The molecule has 0 saturated heterocycles. The van der Waals surface area contributed by atoms with Crippen LogP contribution in [0.3, 0.4) is 0 Å². The maximum Gasteiger partial charge on any atom is 0.0217 e. The molecule has 0 saturated carbocycles. The van der Waals surface area contributed by atoms with Gasteiger partial charge in [-0.3, -0.25) is 0 Å². The number of likely N-dealkylation sites (N-methyl/N-ethyl adjacent to an activating group) is 1. The second kappa shape index (κ2) is 9.54. The SMILES string of the molecule is CCCNCC(CCC)N(C)CCc1cccs1. The van der Waals surface area contributed by atoms with Crippen molar-refractivity contribution in [1.29, 1.82) is 0 Å². The Morgan fingerprint density at radius 3 is 2.78 bits per heavy atom. The Balaban J connectivity index is 2.30. The van der Waals surface area contributed by atoms with Crippen molar-refractivity contribution in [2.24, 2.45) is 0 Å². The average Bonchev–Trinajstić information content (AvgIpc) is 2.88. The van der Waals surface area contributed by atoms with Crippen molar-refractivity contribution in [2.45, 2.75) is 45.6 Å². The molecular formula is C15H28N2S. The molecule has 1 aromatic heterocycles. The summed E-state index contributed by atoms with van der Waals surface area (Å²) in [6.45, 7) is 7.93. The second-order valence-electron chi connectivity index (χ2n) is 4.96. The molecule has 0 aliphatic heterocycles. The van der Waals surface area contributed by atoms with E-state index in [9.17, 15) is 0 Å². The smallest absolute Gasteiger partial charge is 0.0217 e. The molecule has 0 radical (unpaired) electrons. The molecular weight excluding hydrogens is 240 g/mol. The summed E-state index contributed by atoms with van der Waals surface area (Å²) in [6.07, 6.45) is 4.96. The monoisotopic (exact) mass is 268 g/mol. The third kappa shape index (κ3) is 5.98. The van der Waals surface area contributed by atoms with Crippen molar-refractivity contribution in [3.05, 3.63) is 22.4 Å². The van der Waals surface area contributed by atoms with Crippen molar-refractivity contribution >= 4 is 11.3 Å². The second-order valence-corrected chi connectivity index (χ2v) is 5.99. The van der Waals surface area contributed by atoms with E-state index < -0.39 is 0 Å². The van der Waals surface area contributed by atoms with Crippen molar-refractivity contribution in [2.75, 3.05) is 26.7 Å². The van der Waals surface area contributed by atoms with Crippen LogP contribution in [0.5, 0.6) is 0 Å². The lowest BCUT2D eigenvalue weighted by Crippen LogP contribution is -2.41. The molecule has 0 amide bonds. The van der Waals surface area contributed by atoms with Crippen LogP contribution in [0.1, 0.15) is 38.0 Å². The Bertz CT molecular complexity index is 285. The normalized spacial score (nSPS) is 13.1. The molecule has 1 N–H and O–H groups in total. The topological polar surface area (TPSA) is 15.3 Å². The summed E-state index contributed by atoms with van der Waals surface area (Å²) in [5.41, 5.74) is 0. The van der Waals surface area contributed by atoms with Gasteiger partial charge in [0.15, 0.2) is 0 Å². The number of nitrogens with zero attached hydrogens (tertiary/aromatic N) is 1. The van der Waals surface area contributed by atoms with E-state index in [2.05, 4.69) is 48.6 Å². The maximum atomic E-state index is 3.55. The standard InChI is InChI=1S/C15H28N2S/c1-4-7-14(13-16-10-5-2)17(3)11-9-15-8-6-12-18-15/h6,8,12,14,16H,4-5,7,9-11,13H2,1-3H3. The van der Waals surface area contributed by atoms with E-state index in [0.717, 1.165) is 13.1 Å². The van der Waals surface area contributed by atoms with E-state index in [1.54, 1.807) is 0 Å². The van der Waals surface area contributed by atoms with Crippen LogP contribution in [0.2, 0.25) is 0 Å². The molecule has 1 atom stereocenters. The Hall–Kier alpha value is -0.380. The van der Waals surface area contributed by atoms with Crippen LogP contribution in [0, 0.1) is 0 Å².